The van der Waals surface area contributed by atoms with Crippen molar-refractivity contribution in [3.05, 3.63) is 23.8 Å². The summed E-state index contributed by atoms with van der Waals surface area (Å²) in [5.74, 6) is -1.62. The minimum atomic E-state index is -0.908. The summed E-state index contributed by atoms with van der Waals surface area (Å²) in [6, 6.07) is 2.48. The quantitative estimate of drug-likeness (QED) is 0.891. The molecule has 1 aliphatic rings. The zero-order valence-electron chi connectivity index (χ0n) is 9.70. The Hall–Kier alpha value is -1.69. The Labute approximate surface area is 102 Å². The topological polar surface area (TPSA) is 53.1 Å². The smallest absolute Gasteiger partial charge is 0.201 e. The molecule has 0 spiro atoms. The number of hydrogen-bond acceptors (Lipinski definition) is 3. The van der Waals surface area contributed by atoms with Crippen molar-refractivity contribution >= 4 is 17.0 Å². The van der Waals surface area contributed by atoms with E-state index in [1.165, 1.54) is 10.6 Å². The first-order valence-electron chi connectivity index (χ1n) is 5.88. The first-order valence-corrected chi connectivity index (χ1v) is 5.88. The number of anilines is 1. The van der Waals surface area contributed by atoms with Gasteiger partial charge in [-0.15, -0.1) is 0 Å². The summed E-state index contributed by atoms with van der Waals surface area (Å²) in [6.45, 7) is 1.11. The summed E-state index contributed by atoms with van der Waals surface area (Å²) >= 11 is 0. The molecule has 1 aromatic carbocycles. The van der Waals surface area contributed by atoms with Crippen LogP contribution >= 0.6 is 0 Å². The van der Waals surface area contributed by atoms with Gasteiger partial charge in [-0.25, -0.2) is 13.8 Å². The lowest BCUT2D eigenvalue weighted by Gasteiger charge is -2.12. The van der Waals surface area contributed by atoms with Crippen LogP contribution in [-0.4, -0.2) is 22.3 Å². The molecule has 6 heteroatoms. The summed E-state index contributed by atoms with van der Waals surface area (Å²) in [7, 11) is 0. The van der Waals surface area contributed by atoms with Crippen LogP contribution in [-0.2, 0) is 11.3 Å². The monoisotopic (exact) mass is 253 g/mol. The molecule has 1 fully saturated rings. The molecule has 4 nitrogen and oxygen atoms in total. The highest BCUT2D eigenvalue weighted by atomic mass is 19.2. The average molecular weight is 253 g/mol. The number of nitrogens with two attached hydrogens (primary N) is 1. The van der Waals surface area contributed by atoms with Crippen LogP contribution in [0.1, 0.15) is 12.8 Å². The first-order chi connectivity index (χ1) is 8.66. The van der Waals surface area contributed by atoms with Gasteiger partial charge in [-0.3, -0.25) is 0 Å². The maximum absolute atomic E-state index is 13.8. The summed E-state index contributed by atoms with van der Waals surface area (Å²) in [5.41, 5.74) is 6.24. The van der Waals surface area contributed by atoms with Gasteiger partial charge in [0.1, 0.15) is 5.52 Å². The van der Waals surface area contributed by atoms with Crippen LogP contribution < -0.4 is 5.73 Å². The molecule has 96 valence electrons. The van der Waals surface area contributed by atoms with Gasteiger partial charge < -0.3 is 15.0 Å². The van der Waals surface area contributed by atoms with E-state index in [9.17, 15) is 8.78 Å². The Balaban J connectivity index is 2.08. The van der Waals surface area contributed by atoms with E-state index in [1.54, 1.807) is 0 Å². The van der Waals surface area contributed by atoms with Crippen molar-refractivity contribution in [1.82, 2.24) is 9.55 Å². The van der Waals surface area contributed by atoms with Crippen molar-refractivity contribution in [2.45, 2.75) is 25.5 Å². The second kappa shape index (κ2) is 4.20. The molecule has 18 heavy (non-hydrogen) atoms. The summed E-state index contributed by atoms with van der Waals surface area (Å²) in [6.07, 6.45) is 1.87. The second-order valence-corrected chi connectivity index (χ2v) is 4.44. The van der Waals surface area contributed by atoms with Gasteiger partial charge in [-0.1, -0.05) is 0 Å². The van der Waals surface area contributed by atoms with E-state index in [1.807, 2.05) is 0 Å². The number of ether oxygens (including phenoxy) is 1. The highest BCUT2D eigenvalue weighted by Crippen LogP contribution is 2.25. The summed E-state index contributed by atoms with van der Waals surface area (Å²) < 4.78 is 34.0. The average Bonchev–Trinajstić information content (AvgIpc) is 2.94. The maximum atomic E-state index is 13.8. The maximum Gasteiger partial charge on any atom is 0.201 e. The SMILES string of the molecule is Nc1nc2ccc(F)c(F)c2n1CC1CCCO1. The first kappa shape index (κ1) is 11.4. The van der Waals surface area contributed by atoms with E-state index in [2.05, 4.69) is 4.98 Å². The summed E-state index contributed by atoms with van der Waals surface area (Å²) in [5, 5.41) is 0. The number of benzene rings is 1. The van der Waals surface area contributed by atoms with E-state index >= 15 is 0 Å². The molecule has 2 heterocycles. The van der Waals surface area contributed by atoms with E-state index < -0.39 is 11.6 Å². The standard InChI is InChI=1S/C12H13F2N3O/c13-8-3-4-9-11(10(8)14)17(12(15)16-9)6-7-2-1-5-18-7/h3-4,7H,1-2,5-6H2,(H2,15,16). The van der Waals surface area contributed by atoms with Gasteiger partial charge in [-0.2, -0.15) is 0 Å². The van der Waals surface area contributed by atoms with Crippen LogP contribution in [0.25, 0.3) is 11.0 Å². The number of fused-ring (bicyclic) bond motifs is 1. The predicted octanol–water partition coefficient (Wildman–Crippen LogP) is 2.08. The molecular weight excluding hydrogens is 240 g/mol. The van der Waals surface area contributed by atoms with Gasteiger partial charge in [-0.05, 0) is 25.0 Å². The molecule has 0 radical (unpaired) electrons. The van der Waals surface area contributed by atoms with Crippen molar-refractivity contribution in [2.24, 2.45) is 0 Å². The molecule has 0 aliphatic carbocycles. The fourth-order valence-electron chi connectivity index (χ4n) is 2.35. The number of nitrogen functional groups attached to an aromatic ring is 1. The fourth-order valence-corrected chi connectivity index (χ4v) is 2.35. The van der Waals surface area contributed by atoms with Crippen LogP contribution in [0.15, 0.2) is 12.1 Å². The van der Waals surface area contributed by atoms with Crippen molar-refractivity contribution in [1.29, 1.82) is 0 Å². The van der Waals surface area contributed by atoms with Gasteiger partial charge in [0.05, 0.1) is 18.2 Å². The van der Waals surface area contributed by atoms with Gasteiger partial charge in [0.2, 0.25) is 5.95 Å². The number of rotatable bonds is 2. The fraction of sp³-hybridized carbons (Fsp3) is 0.417. The minimum Gasteiger partial charge on any atom is -0.376 e. The van der Waals surface area contributed by atoms with Crippen LogP contribution in [0, 0.1) is 11.6 Å². The lowest BCUT2D eigenvalue weighted by molar-refractivity contribution is 0.0982. The van der Waals surface area contributed by atoms with Crippen molar-refractivity contribution in [2.75, 3.05) is 12.3 Å². The van der Waals surface area contributed by atoms with Gasteiger partial charge in [0.15, 0.2) is 11.6 Å². The van der Waals surface area contributed by atoms with Crippen molar-refractivity contribution in [3.8, 4) is 0 Å². The minimum absolute atomic E-state index is 0.00707. The number of halogens is 2. The third kappa shape index (κ3) is 1.73. The van der Waals surface area contributed by atoms with Crippen LogP contribution in [0.4, 0.5) is 14.7 Å². The number of aromatic nitrogens is 2. The van der Waals surface area contributed by atoms with Crippen LogP contribution in [0.3, 0.4) is 0 Å². The second-order valence-electron chi connectivity index (χ2n) is 4.44. The zero-order valence-corrected chi connectivity index (χ0v) is 9.70. The molecule has 1 unspecified atom stereocenters. The summed E-state index contributed by atoms with van der Waals surface area (Å²) in [4.78, 5) is 4.04. The third-order valence-electron chi connectivity index (χ3n) is 3.24. The highest BCUT2D eigenvalue weighted by molar-refractivity contribution is 5.79. The molecule has 1 atom stereocenters. The molecular formula is C12H13F2N3O. The van der Waals surface area contributed by atoms with E-state index in [-0.39, 0.29) is 17.6 Å². The molecule has 1 aromatic heterocycles. The molecule has 3 rings (SSSR count). The molecule has 2 aromatic rings. The molecule has 0 bridgehead atoms. The number of hydrogen-bond donors (Lipinski definition) is 1. The predicted molar refractivity (Wildman–Crippen MR) is 63.0 cm³/mol. The molecule has 0 saturated carbocycles. The lowest BCUT2D eigenvalue weighted by Crippen LogP contribution is -2.17. The van der Waals surface area contributed by atoms with Gasteiger partial charge in [0.25, 0.3) is 0 Å². The van der Waals surface area contributed by atoms with E-state index in [4.69, 9.17) is 10.5 Å². The molecule has 2 N–H and O–H groups in total. The Kier molecular flexibility index (Phi) is 2.66. The molecule has 0 amide bonds. The van der Waals surface area contributed by atoms with Gasteiger partial charge >= 0.3 is 0 Å². The number of nitrogens with zero attached hydrogens (tertiary/aromatic N) is 2. The van der Waals surface area contributed by atoms with Gasteiger partial charge in [0, 0.05) is 6.61 Å². The lowest BCUT2D eigenvalue weighted by atomic mass is 10.2. The Morgan fingerprint density at radius 3 is 3.00 bits per heavy atom. The van der Waals surface area contributed by atoms with Crippen molar-refractivity contribution in [3.63, 3.8) is 0 Å². The third-order valence-corrected chi connectivity index (χ3v) is 3.24. The highest BCUT2D eigenvalue weighted by Gasteiger charge is 2.21. The Bertz CT molecular complexity index is 591. The van der Waals surface area contributed by atoms with Crippen LogP contribution in [0.5, 0.6) is 0 Å². The molecule has 1 saturated heterocycles. The van der Waals surface area contributed by atoms with Crippen molar-refractivity contribution < 1.29 is 13.5 Å². The number of imidazole rings is 1. The largest absolute Gasteiger partial charge is 0.376 e. The molecule has 1 aliphatic heterocycles. The zero-order chi connectivity index (χ0) is 12.7. The van der Waals surface area contributed by atoms with E-state index in [0.717, 1.165) is 18.9 Å². The normalized spacial score (nSPS) is 19.8. The van der Waals surface area contributed by atoms with Crippen LogP contribution in [0.2, 0.25) is 0 Å². The Morgan fingerprint density at radius 2 is 2.28 bits per heavy atom. The Morgan fingerprint density at radius 1 is 1.44 bits per heavy atom. The van der Waals surface area contributed by atoms with E-state index in [0.29, 0.717) is 18.7 Å².